The maximum atomic E-state index is 5.96. The molecule has 3 aromatic heterocycles. The number of hydrogen-bond acceptors (Lipinski definition) is 4. The molecule has 0 amide bonds. The van der Waals surface area contributed by atoms with Crippen LogP contribution < -0.4 is 4.74 Å². The highest BCUT2D eigenvalue weighted by Crippen LogP contribution is 2.26. The third-order valence-corrected chi connectivity index (χ3v) is 4.87. The fraction of sp³-hybridized carbons (Fsp3) is 0. The molecule has 31 heavy (non-hydrogen) atoms. The maximum absolute atomic E-state index is 5.96. The number of benzene rings is 2. The smallest absolute Gasteiger partial charge is 0.221 e. The van der Waals surface area contributed by atoms with Crippen LogP contribution in [0.5, 0.6) is 11.8 Å². The predicted molar refractivity (Wildman–Crippen MR) is 123 cm³/mol. The zero-order valence-corrected chi connectivity index (χ0v) is 16.7. The quantitative estimate of drug-likeness (QED) is 0.330. The number of aromatic nitrogens is 3. The van der Waals surface area contributed by atoms with Crippen LogP contribution in [0.3, 0.4) is 0 Å². The van der Waals surface area contributed by atoms with E-state index in [0.717, 1.165) is 33.8 Å². The molecule has 0 aliphatic heterocycles. The Kier molecular flexibility index (Phi) is 5.18. The summed E-state index contributed by atoms with van der Waals surface area (Å²) in [6.07, 6.45) is 1.80. The summed E-state index contributed by atoms with van der Waals surface area (Å²) in [4.78, 5) is 13.7. The van der Waals surface area contributed by atoms with Crippen molar-refractivity contribution in [2.75, 3.05) is 0 Å². The molecule has 2 aromatic carbocycles. The highest BCUT2D eigenvalue weighted by Gasteiger charge is 2.07. The lowest BCUT2D eigenvalue weighted by atomic mass is 10.1. The third-order valence-electron chi connectivity index (χ3n) is 4.87. The number of pyridine rings is 3. The lowest BCUT2D eigenvalue weighted by Gasteiger charge is -2.08. The minimum absolute atomic E-state index is 0.504. The van der Waals surface area contributed by atoms with E-state index in [4.69, 9.17) is 4.74 Å². The van der Waals surface area contributed by atoms with Crippen LogP contribution in [0.15, 0.2) is 115 Å². The van der Waals surface area contributed by atoms with Crippen molar-refractivity contribution in [3.05, 3.63) is 115 Å². The molecule has 0 atom stereocenters. The molecule has 0 saturated carbocycles. The van der Waals surface area contributed by atoms with Gasteiger partial charge in [-0.2, -0.15) is 0 Å². The lowest BCUT2D eigenvalue weighted by Crippen LogP contribution is -1.93. The second-order valence-electron chi connectivity index (χ2n) is 6.98. The number of rotatable bonds is 5. The average molecular weight is 401 g/mol. The Hall–Kier alpha value is -4.31. The lowest BCUT2D eigenvalue weighted by molar-refractivity contribution is 0.446. The second-order valence-corrected chi connectivity index (χ2v) is 6.98. The van der Waals surface area contributed by atoms with E-state index in [0.29, 0.717) is 11.8 Å². The van der Waals surface area contributed by atoms with Crippen LogP contribution in [0.2, 0.25) is 0 Å². The summed E-state index contributed by atoms with van der Waals surface area (Å²) in [6.45, 7) is 0. The molecule has 4 heteroatoms. The summed E-state index contributed by atoms with van der Waals surface area (Å²) < 4.78 is 5.96. The zero-order chi connectivity index (χ0) is 20.9. The van der Waals surface area contributed by atoms with Gasteiger partial charge in [-0.15, -0.1) is 0 Å². The van der Waals surface area contributed by atoms with Crippen LogP contribution in [0.1, 0.15) is 0 Å². The van der Waals surface area contributed by atoms with E-state index in [2.05, 4.69) is 27.1 Å². The van der Waals surface area contributed by atoms with E-state index in [9.17, 15) is 0 Å². The summed E-state index contributed by atoms with van der Waals surface area (Å²) in [6, 6.07) is 35.6. The van der Waals surface area contributed by atoms with E-state index in [1.54, 1.807) is 6.20 Å². The first kappa shape index (κ1) is 18.7. The van der Waals surface area contributed by atoms with Gasteiger partial charge in [0, 0.05) is 35.0 Å². The van der Waals surface area contributed by atoms with Crippen LogP contribution in [0, 0.1) is 0 Å². The van der Waals surface area contributed by atoms with Gasteiger partial charge >= 0.3 is 0 Å². The highest BCUT2D eigenvalue weighted by molar-refractivity contribution is 5.67. The molecule has 148 valence electrons. The van der Waals surface area contributed by atoms with Crippen molar-refractivity contribution >= 4 is 0 Å². The molecule has 0 radical (unpaired) electrons. The first-order valence-corrected chi connectivity index (χ1v) is 10.0. The van der Waals surface area contributed by atoms with Gasteiger partial charge in [-0.25, -0.2) is 9.97 Å². The van der Waals surface area contributed by atoms with Crippen molar-refractivity contribution in [1.82, 2.24) is 15.0 Å². The summed E-state index contributed by atoms with van der Waals surface area (Å²) in [7, 11) is 0. The minimum atomic E-state index is 0.504. The molecule has 0 fully saturated rings. The summed E-state index contributed by atoms with van der Waals surface area (Å²) >= 11 is 0. The second kappa shape index (κ2) is 8.59. The number of hydrogen-bond donors (Lipinski definition) is 0. The standard InChI is InChI=1S/C27H19N3O/c1-2-8-20(9-3-1)24-11-6-13-26(29-24)31-27-14-7-12-25(30-27)22-17-15-21(16-18-22)23-10-4-5-19-28-23/h1-19H. The Morgan fingerprint density at radius 2 is 0.935 bits per heavy atom. The Morgan fingerprint density at radius 1 is 0.419 bits per heavy atom. The Bertz CT molecular complexity index is 1290. The highest BCUT2D eigenvalue weighted by atomic mass is 16.5. The van der Waals surface area contributed by atoms with Gasteiger partial charge in [-0.05, 0) is 24.3 Å². The van der Waals surface area contributed by atoms with Gasteiger partial charge in [0.2, 0.25) is 11.8 Å². The van der Waals surface area contributed by atoms with Gasteiger partial charge in [-0.3, -0.25) is 4.98 Å². The summed E-state index contributed by atoms with van der Waals surface area (Å²) in [5.74, 6) is 1.01. The summed E-state index contributed by atoms with van der Waals surface area (Å²) in [5.41, 5.74) is 5.77. The molecular formula is C27H19N3O. The van der Waals surface area contributed by atoms with E-state index in [-0.39, 0.29) is 0 Å². The molecule has 4 nitrogen and oxygen atoms in total. The first-order valence-electron chi connectivity index (χ1n) is 10.0. The number of nitrogens with zero attached hydrogens (tertiary/aromatic N) is 3. The van der Waals surface area contributed by atoms with Crippen molar-refractivity contribution < 1.29 is 4.74 Å². The van der Waals surface area contributed by atoms with Crippen molar-refractivity contribution in [1.29, 1.82) is 0 Å². The van der Waals surface area contributed by atoms with Gasteiger partial charge in [0.15, 0.2) is 0 Å². The molecule has 5 rings (SSSR count). The number of ether oxygens (including phenoxy) is 1. The van der Waals surface area contributed by atoms with Gasteiger partial charge in [0.25, 0.3) is 0 Å². The molecule has 0 aliphatic carbocycles. The third kappa shape index (κ3) is 4.33. The minimum Gasteiger partial charge on any atom is -0.421 e. The fourth-order valence-electron chi connectivity index (χ4n) is 3.33. The molecular weight excluding hydrogens is 382 g/mol. The van der Waals surface area contributed by atoms with Crippen molar-refractivity contribution in [3.63, 3.8) is 0 Å². The van der Waals surface area contributed by atoms with Crippen LogP contribution in [-0.4, -0.2) is 15.0 Å². The fourth-order valence-corrected chi connectivity index (χ4v) is 3.33. The molecule has 0 spiro atoms. The molecule has 0 aliphatic rings. The van der Waals surface area contributed by atoms with E-state index < -0.39 is 0 Å². The Labute approximate surface area is 180 Å². The van der Waals surface area contributed by atoms with Crippen molar-refractivity contribution in [3.8, 4) is 45.5 Å². The molecule has 0 bridgehead atoms. The van der Waals surface area contributed by atoms with E-state index in [1.165, 1.54) is 0 Å². The van der Waals surface area contributed by atoms with Gasteiger partial charge < -0.3 is 4.74 Å². The normalized spacial score (nSPS) is 10.6. The largest absolute Gasteiger partial charge is 0.421 e. The molecule has 0 N–H and O–H groups in total. The topological polar surface area (TPSA) is 47.9 Å². The summed E-state index contributed by atoms with van der Waals surface area (Å²) in [5, 5.41) is 0. The SMILES string of the molecule is c1ccc(-c2cccc(Oc3cccc(-c4ccc(-c5ccccn5)cc4)n3)n2)cc1. The molecule has 3 heterocycles. The van der Waals surface area contributed by atoms with Crippen molar-refractivity contribution in [2.24, 2.45) is 0 Å². The average Bonchev–Trinajstić information content (AvgIpc) is 2.86. The van der Waals surface area contributed by atoms with E-state index >= 15 is 0 Å². The van der Waals surface area contributed by atoms with Gasteiger partial charge in [0.1, 0.15) is 0 Å². The molecule has 0 saturated heterocycles. The van der Waals surface area contributed by atoms with Crippen LogP contribution >= 0.6 is 0 Å². The van der Waals surface area contributed by atoms with Gasteiger partial charge in [-0.1, -0.05) is 72.8 Å². The van der Waals surface area contributed by atoms with Crippen molar-refractivity contribution in [2.45, 2.75) is 0 Å². The maximum Gasteiger partial charge on any atom is 0.221 e. The monoisotopic (exact) mass is 401 g/mol. The van der Waals surface area contributed by atoms with Gasteiger partial charge in [0.05, 0.1) is 17.1 Å². The first-order chi connectivity index (χ1) is 15.3. The van der Waals surface area contributed by atoms with Crippen LogP contribution in [-0.2, 0) is 0 Å². The molecule has 0 unspecified atom stereocenters. The Balaban J connectivity index is 1.37. The van der Waals surface area contributed by atoms with Crippen LogP contribution in [0.4, 0.5) is 0 Å². The van der Waals surface area contributed by atoms with E-state index in [1.807, 2.05) is 97.1 Å². The Morgan fingerprint density at radius 3 is 1.52 bits per heavy atom. The molecule has 5 aromatic rings. The van der Waals surface area contributed by atoms with Crippen LogP contribution in [0.25, 0.3) is 33.8 Å². The zero-order valence-electron chi connectivity index (χ0n) is 16.7. The predicted octanol–water partition coefficient (Wildman–Crippen LogP) is 6.66.